The first-order chi connectivity index (χ1) is 9.25. The second-order valence-electron chi connectivity index (χ2n) is 4.39. The molecule has 0 aliphatic heterocycles. The number of amides is 2. The summed E-state index contributed by atoms with van der Waals surface area (Å²) in [7, 11) is -3.37. The van der Waals surface area contributed by atoms with Crippen LogP contribution in [0, 0.1) is 0 Å². The Kier molecular flexibility index (Phi) is 5.26. The zero-order chi connectivity index (χ0) is 15.3. The second-order valence-corrected chi connectivity index (χ2v) is 6.41. The van der Waals surface area contributed by atoms with Crippen LogP contribution in [-0.4, -0.2) is 39.1 Å². The zero-order valence-electron chi connectivity index (χ0n) is 11.6. The van der Waals surface area contributed by atoms with Gasteiger partial charge < -0.3 is 10.6 Å². The van der Waals surface area contributed by atoms with E-state index in [2.05, 4.69) is 10.6 Å². The lowest BCUT2D eigenvalue weighted by molar-refractivity contribution is -0.122. The number of carbonyl (C=O) groups is 2. The summed E-state index contributed by atoms with van der Waals surface area (Å²) in [5.74, 6) is -0.783. The molecule has 0 saturated heterocycles. The average molecular weight is 298 g/mol. The molecular weight excluding hydrogens is 280 g/mol. The lowest BCUT2D eigenvalue weighted by atomic mass is 10.2. The zero-order valence-corrected chi connectivity index (χ0v) is 12.5. The molecule has 0 aliphatic carbocycles. The number of likely N-dealkylation sites (N-methyl/N-ethyl adjacent to an activating group) is 1. The first-order valence-electron chi connectivity index (χ1n) is 6.14. The van der Waals surface area contributed by atoms with E-state index in [9.17, 15) is 18.0 Å². The third-order valence-corrected chi connectivity index (χ3v) is 3.73. The van der Waals surface area contributed by atoms with E-state index in [4.69, 9.17) is 0 Å². The third kappa shape index (κ3) is 4.34. The van der Waals surface area contributed by atoms with Crippen LogP contribution < -0.4 is 10.6 Å². The third-order valence-electron chi connectivity index (χ3n) is 2.62. The van der Waals surface area contributed by atoms with Crippen molar-refractivity contribution in [1.82, 2.24) is 10.6 Å². The van der Waals surface area contributed by atoms with Crippen LogP contribution in [0.4, 0.5) is 0 Å². The van der Waals surface area contributed by atoms with Gasteiger partial charge in [0.25, 0.3) is 5.91 Å². The van der Waals surface area contributed by atoms with Crippen LogP contribution >= 0.6 is 0 Å². The Hall–Kier alpha value is -1.89. The molecule has 1 aromatic rings. The first-order valence-corrected chi connectivity index (χ1v) is 8.03. The van der Waals surface area contributed by atoms with E-state index in [-0.39, 0.29) is 16.4 Å². The fraction of sp³-hybridized carbons (Fsp3) is 0.385. The van der Waals surface area contributed by atoms with Gasteiger partial charge in [-0.2, -0.15) is 0 Å². The molecule has 0 bridgehead atoms. The van der Waals surface area contributed by atoms with Crippen molar-refractivity contribution in [1.29, 1.82) is 0 Å². The summed E-state index contributed by atoms with van der Waals surface area (Å²) in [6, 6.07) is 5.00. The molecule has 110 valence electrons. The molecule has 20 heavy (non-hydrogen) atoms. The summed E-state index contributed by atoms with van der Waals surface area (Å²) in [5, 5.41) is 5.10. The van der Waals surface area contributed by atoms with Crippen LogP contribution in [0.3, 0.4) is 0 Å². The van der Waals surface area contributed by atoms with Crippen molar-refractivity contribution in [3.05, 3.63) is 29.8 Å². The maximum Gasteiger partial charge on any atom is 0.251 e. The van der Waals surface area contributed by atoms with Crippen LogP contribution in [0.25, 0.3) is 0 Å². The topological polar surface area (TPSA) is 92.3 Å². The van der Waals surface area contributed by atoms with E-state index >= 15 is 0 Å². The van der Waals surface area contributed by atoms with Crippen LogP contribution in [0.15, 0.2) is 29.2 Å². The maximum absolute atomic E-state index is 12.0. The lowest BCUT2D eigenvalue weighted by Crippen LogP contribution is -2.44. The highest BCUT2D eigenvalue weighted by atomic mass is 32.2. The summed E-state index contributed by atoms with van der Waals surface area (Å²) in [4.78, 5) is 23.5. The molecular formula is C13H18N2O4S. The van der Waals surface area contributed by atoms with Crippen LogP contribution in [0.5, 0.6) is 0 Å². The number of rotatable bonds is 5. The Bertz CT molecular complexity index is 611. The highest BCUT2D eigenvalue weighted by Crippen LogP contribution is 2.11. The normalized spacial score (nSPS) is 12.6. The van der Waals surface area contributed by atoms with E-state index in [1.807, 2.05) is 0 Å². The van der Waals surface area contributed by atoms with Gasteiger partial charge in [-0.15, -0.1) is 0 Å². The van der Waals surface area contributed by atoms with Gasteiger partial charge in [-0.3, -0.25) is 9.59 Å². The minimum absolute atomic E-state index is 0.0656. The van der Waals surface area contributed by atoms with E-state index in [1.165, 1.54) is 24.3 Å². The Labute approximate surface area is 118 Å². The molecule has 0 saturated carbocycles. The number of nitrogens with one attached hydrogen (secondary N) is 2. The van der Waals surface area contributed by atoms with E-state index in [0.717, 1.165) is 6.26 Å². The summed E-state index contributed by atoms with van der Waals surface area (Å²) < 4.78 is 22.9. The molecule has 1 unspecified atom stereocenters. The van der Waals surface area contributed by atoms with Crippen LogP contribution in [-0.2, 0) is 14.6 Å². The average Bonchev–Trinajstić information content (AvgIpc) is 2.38. The fourth-order valence-electron chi connectivity index (χ4n) is 1.54. The molecule has 7 heteroatoms. The first kappa shape index (κ1) is 16.2. The Morgan fingerprint density at radius 2 is 1.95 bits per heavy atom. The van der Waals surface area contributed by atoms with Gasteiger partial charge in [0.1, 0.15) is 6.04 Å². The SMILES string of the molecule is CCNC(=O)C(C)NC(=O)c1cccc(S(C)(=O)=O)c1. The van der Waals surface area contributed by atoms with Crippen LogP contribution in [0.1, 0.15) is 24.2 Å². The molecule has 6 nitrogen and oxygen atoms in total. The van der Waals surface area contributed by atoms with E-state index in [0.29, 0.717) is 6.54 Å². The Morgan fingerprint density at radius 3 is 2.50 bits per heavy atom. The molecule has 1 rings (SSSR count). The van der Waals surface area contributed by atoms with Gasteiger partial charge in [-0.05, 0) is 32.0 Å². The lowest BCUT2D eigenvalue weighted by Gasteiger charge is -2.13. The summed E-state index contributed by atoms with van der Waals surface area (Å²) in [6.45, 7) is 3.81. The maximum atomic E-state index is 12.0. The number of hydrogen-bond acceptors (Lipinski definition) is 4. The highest BCUT2D eigenvalue weighted by Gasteiger charge is 2.17. The van der Waals surface area contributed by atoms with Gasteiger partial charge in [0, 0.05) is 18.4 Å². The fourth-order valence-corrected chi connectivity index (χ4v) is 2.21. The standard InChI is InChI=1S/C13H18N2O4S/c1-4-14-12(16)9(2)15-13(17)10-6-5-7-11(8-10)20(3,18)19/h5-9H,4H2,1-3H3,(H,14,16)(H,15,17). The molecule has 1 aromatic carbocycles. The van der Waals surface area contributed by atoms with Gasteiger partial charge in [-0.1, -0.05) is 6.07 Å². The van der Waals surface area contributed by atoms with Gasteiger partial charge in [0.05, 0.1) is 4.90 Å². The van der Waals surface area contributed by atoms with Crippen molar-refractivity contribution in [3.8, 4) is 0 Å². The number of carbonyl (C=O) groups excluding carboxylic acids is 2. The predicted octanol–water partition coefficient (Wildman–Crippen LogP) is 0.344. The largest absolute Gasteiger partial charge is 0.355 e. The van der Waals surface area contributed by atoms with Crippen LogP contribution in [0.2, 0.25) is 0 Å². The minimum Gasteiger partial charge on any atom is -0.355 e. The Balaban J connectivity index is 2.86. The summed E-state index contributed by atoms with van der Waals surface area (Å²) >= 11 is 0. The minimum atomic E-state index is -3.37. The van der Waals surface area contributed by atoms with Crippen molar-refractivity contribution >= 4 is 21.7 Å². The van der Waals surface area contributed by atoms with Crippen molar-refractivity contribution in [2.45, 2.75) is 24.8 Å². The number of hydrogen-bond donors (Lipinski definition) is 2. The molecule has 1 atom stereocenters. The number of sulfone groups is 1. The van der Waals surface area contributed by atoms with Gasteiger partial charge in [-0.25, -0.2) is 8.42 Å². The molecule has 0 fully saturated rings. The van der Waals surface area contributed by atoms with Gasteiger partial charge >= 0.3 is 0 Å². The number of benzene rings is 1. The molecule has 0 radical (unpaired) electrons. The highest BCUT2D eigenvalue weighted by molar-refractivity contribution is 7.90. The quantitative estimate of drug-likeness (QED) is 0.820. The summed E-state index contributed by atoms with van der Waals surface area (Å²) in [6.07, 6.45) is 1.07. The molecule has 0 spiro atoms. The molecule has 0 aliphatic rings. The van der Waals surface area contributed by atoms with Crippen molar-refractivity contribution in [2.24, 2.45) is 0 Å². The second kappa shape index (κ2) is 6.51. The van der Waals surface area contributed by atoms with Crippen molar-refractivity contribution < 1.29 is 18.0 Å². The summed E-state index contributed by atoms with van der Waals surface area (Å²) in [5.41, 5.74) is 0.198. The van der Waals surface area contributed by atoms with E-state index < -0.39 is 21.8 Å². The predicted molar refractivity (Wildman–Crippen MR) is 75.2 cm³/mol. The smallest absolute Gasteiger partial charge is 0.251 e. The monoisotopic (exact) mass is 298 g/mol. The molecule has 2 N–H and O–H groups in total. The molecule has 2 amide bonds. The van der Waals surface area contributed by atoms with Crippen molar-refractivity contribution in [2.75, 3.05) is 12.8 Å². The molecule has 0 aromatic heterocycles. The van der Waals surface area contributed by atoms with E-state index in [1.54, 1.807) is 13.8 Å². The van der Waals surface area contributed by atoms with Gasteiger partial charge in [0.2, 0.25) is 5.91 Å². The van der Waals surface area contributed by atoms with Crippen molar-refractivity contribution in [3.63, 3.8) is 0 Å². The Morgan fingerprint density at radius 1 is 1.30 bits per heavy atom. The molecule has 0 heterocycles. The van der Waals surface area contributed by atoms with Gasteiger partial charge in [0.15, 0.2) is 9.84 Å².